The Morgan fingerprint density at radius 3 is 2.25 bits per heavy atom. The Hall–Kier alpha value is -1.06. The Labute approximate surface area is 98.0 Å². The van der Waals surface area contributed by atoms with Gasteiger partial charge in [-0.15, -0.1) is 0 Å². The van der Waals surface area contributed by atoms with Crippen molar-refractivity contribution in [1.82, 2.24) is 5.32 Å². The van der Waals surface area contributed by atoms with Crippen LogP contribution in [0.1, 0.15) is 31.9 Å². The van der Waals surface area contributed by atoms with Crippen molar-refractivity contribution in [3.63, 3.8) is 0 Å². The van der Waals surface area contributed by atoms with Crippen molar-refractivity contribution in [2.75, 3.05) is 14.2 Å². The molecule has 0 amide bonds. The molecule has 1 unspecified atom stereocenters. The summed E-state index contributed by atoms with van der Waals surface area (Å²) in [5.74, 6) is 0.880. The Bertz CT molecular complexity index is 314. The molecule has 3 N–H and O–H groups in total. The van der Waals surface area contributed by atoms with E-state index in [9.17, 15) is 0 Å². The maximum absolute atomic E-state index is 6.04. The van der Waals surface area contributed by atoms with E-state index < -0.39 is 0 Å². The number of nitrogens with two attached hydrogens (primary N) is 1. The van der Waals surface area contributed by atoms with Gasteiger partial charge in [-0.05, 0) is 45.0 Å². The molecule has 90 valence electrons. The van der Waals surface area contributed by atoms with Gasteiger partial charge in [0, 0.05) is 11.6 Å². The highest BCUT2D eigenvalue weighted by Crippen LogP contribution is 2.23. The van der Waals surface area contributed by atoms with E-state index in [1.165, 1.54) is 5.56 Å². The van der Waals surface area contributed by atoms with E-state index in [-0.39, 0.29) is 11.6 Å². The molecule has 0 heterocycles. The van der Waals surface area contributed by atoms with Crippen LogP contribution in [0.3, 0.4) is 0 Å². The lowest BCUT2D eigenvalue weighted by Crippen LogP contribution is -2.36. The minimum Gasteiger partial charge on any atom is -0.497 e. The van der Waals surface area contributed by atoms with Gasteiger partial charge in [0.2, 0.25) is 0 Å². The normalized spacial score (nSPS) is 13.6. The molecule has 1 aromatic rings. The van der Waals surface area contributed by atoms with Gasteiger partial charge in [-0.25, -0.2) is 0 Å². The molecule has 0 aliphatic rings. The average Bonchev–Trinajstić information content (AvgIpc) is 2.25. The molecule has 0 fully saturated rings. The van der Waals surface area contributed by atoms with Crippen LogP contribution in [0.2, 0.25) is 0 Å². The van der Waals surface area contributed by atoms with E-state index in [1.54, 1.807) is 7.11 Å². The monoisotopic (exact) mass is 222 g/mol. The number of hydrogen-bond acceptors (Lipinski definition) is 3. The van der Waals surface area contributed by atoms with Gasteiger partial charge in [-0.2, -0.15) is 0 Å². The smallest absolute Gasteiger partial charge is 0.118 e. The third-order valence-corrected chi connectivity index (χ3v) is 2.60. The molecule has 0 aliphatic carbocycles. The molecule has 1 atom stereocenters. The van der Waals surface area contributed by atoms with E-state index in [0.29, 0.717) is 0 Å². The fraction of sp³-hybridized carbons (Fsp3) is 0.538. The minimum atomic E-state index is -0.173. The van der Waals surface area contributed by atoms with Crippen LogP contribution in [0, 0.1) is 0 Å². The molecule has 16 heavy (non-hydrogen) atoms. The van der Waals surface area contributed by atoms with Crippen LogP contribution in [-0.2, 0) is 0 Å². The van der Waals surface area contributed by atoms with Gasteiger partial charge in [0.1, 0.15) is 5.75 Å². The van der Waals surface area contributed by atoms with Gasteiger partial charge in [0.15, 0.2) is 0 Å². The van der Waals surface area contributed by atoms with Crippen LogP contribution in [0.15, 0.2) is 24.3 Å². The minimum absolute atomic E-state index is 0.173. The quantitative estimate of drug-likeness (QED) is 0.802. The maximum atomic E-state index is 6.04. The van der Waals surface area contributed by atoms with Crippen LogP contribution in [-0.4, -0.2) is 19.7 Å². The highest BCUT2D eigenvalue weighted by atomic mass is 16.5. The maximum Gasteiger partial charge on any atom is 0.118 e. The lowest BCUT2D eigenvalue weighted by Gasteiger charge is -2.26. The summed E-state index contributed by atoms with van der Waals surface area (Å²) in [6, 6.07) is 8.38. The van der Waals surface area contributed by atoms with Crippen molar-refractivity contribution < 1.29 is 4.74 Å². The van der Waals surface area contributed by atoms with Crippen molar-refractivity contribution in [2.24, 2.45) is 5.73 Å². The van der Waals surface area contributed by atoms with Crippen molar-refractivity contribution in [1.29, 1.82) is 0 Å². The third-order valence-electron chi connectivity index (χ3n) is 2.60. The number of benzene rings is 1. The zero-order chi connectivity index (χ0) is 12.2. The summed E-state index contributed by atoms with van der Waals surface area (Å²) in [6.45, 7) is 4.09. The Balaban J connectivity index is 2.79. The van der Waals surface area contributed by atoms with E-state index >= 15 is 0 Å². The molecule has 0 aromatic heterocycles. The summed E-state index contributed by atoms with van der Waals surface area (Å²) in [5.41, 5.74) is 7.11. The topological polar surface area (TPSA) is 47.3 Å². The number of nitrogens with one attached hydrogen (secondary N) is 1. The molecular formula is C13H22N2O. The first-order valence-corrected chi connectivity index (χ1v) is 5.56. The Morgan fingerprint density at radius 1 is 1.31 bits per heavy atom. The molecule has 0 saturated heterocycles. The first-order chi connectivity index (χ1) is 7.46. The molecule has 0 radical (unpaired) electrons. The van der Waals surface area contributed by atoms with Gasteiger partial charge in [-0.3, -0.25) is 0 Å². The number of methoxy groups -OCH3 is 1. The van der Waals surface area contributed by atoms with Crippen molar-refractivity contribution in [3.8, 4) is 5.75 Å². The molecule has 3 nitrogen and oxygen atoms in total. The molecule has 1 aromatic carbocycles. The van der Waals surface area contributed by atoms with Crippen molar-refractivity contribution in [2.45, 2.75) is 31.8 Å². The summed E-state index contributed by atoms with van der Waals surface area (Å²) in [6.07, 6.45) is 0.899. The van der Waals surface area contributed by atoms with Crippen LogP contribution in [0.4, 0.5) is 0 Å². The SMILES string of the molecule is CNC(CC(C)(C)N)c1ccc(OC)cc1. The summed E-state index contributed by atoms with van der Waals surface area (Å²) in [5, 5.41) is 3.29. The fourth-order valence-electron chi connectivity index (χ4n) is 1.75. The van der Waals surface area contributed by atoms with Gasteiger partial charge in [0.05, 0.1) is 7.11 Å². The first kappa shape index (κ1) is 13.0. The second kappa shape index (κ2) is 5.32. The molecule has 0 bridgehead atoms. The zero-order valence-corrected chi connectivity index (χ0v) is 10.6. The third kappa shape index (κ3) is 3.83. The van der Waals surface area contributed by atoms with Gasteiger partial charge in [-0.1, -0.05) is 12.1 Å². The van der Waals surface area contributed by atoms with E-state index in [0.717, 1.165) is 12.2 Å². The highest BCUT2D eigenvalue weighted by molar-refractivity contribution is 5.29. The lowest BCUT2D eigenvalue weighted by atomic mass is 9.92. The van der Waals surface area contributed by atoms with E-state index in [4.69, 9.17) is 10.5 Å². The molecular weight excluding hydrogens is 200 g/mol. The largest absolute Gasteiger partial charge is 0.497 e. The van der Waals surface area contributed by atoms with Gasteiger partial charge >= 0.3 is 0 Å². The second-order valence-electron chi connectivity index (χ2n) is 4.81. The highest BCUT2D eigenvalue weighted by Gasteiger charge is 2.19. The zero-order valence-electron chi connectivity index (χ0n) is 10.6. The molecule has 0 aliphatic heterocycles. The van der Waals surface area contributed by atoms with Crippen LogP contribution in [0.25, 0.3) is 0 Å². The molecule has 3 heteroatoms. The molecule has 1 rings (SSSR count). The van der Waals surface area contributed by atoms with Crippen LogP contribution >= 0.6 is 0 Å². The number of rotatable bonds is 5. The predicted octanol–water partition coefficient (Wildman–Crippen LogP) is 2.08. The Kier molecular flexibility index (Phi) is 4.33. The van der Waals surface area contributed by atoms with Gasteiger partial charge < -0.3 is 15.8 Å². The first-order valence-electron chi connectivity index (χ1n) is 5.56. The summed E-state index contributed by atoms with van der Waals surface area (Å²) in [4.78, 5) is 0. The van der Waals surface area contributed by atoms with E-state index in [2.05, 4.69) is 17.4 Å². The number of hydrogen-bond donors (Lipinski definition) is 2. The van der Waals surface area contributed by atoms with Gasteiger partial charge in [0.25, 0.3) is 0 Å². The predicted molar refractivity (Wildman–Crippen MR) is 67.7 cm³/mol. The summed E-state index contributed by atoms with van der Waals surface area (Å²) < 4.78 is 5.14. The van der Waals surface area contributed by atoms with Crippen molar-refractivity contribution >= 4 is 0 Å². The second-order valence-corrected chi connectivity index (χ2v) is 4.81. The van der Waals surface area contributed by atoms with Crippen LogP contribution in [0.5, 0.6) is 5.75 Å². The molecule has 0 saturated carbocycles. The number of ether oxygens (including phenoxy) is 1. The van der Waals surface area contributed by atoms with Crippen molar-refractivity contribution in [3.05, 3.63) is 29.8 Å². The van der Waals surface area contributed by atoms with Crippen LogP contribution < -0.4 is 15.8 Å². The standard InChI is InChI=1S/C13H22N2O/c1-13(2,14)9-12(15-3)10-5-7-11(16-4)8-6-10/h5-8,12,15H,9,14H2,1-4H3. The average molecular weight is 222 g/mol. The van der Waals surface area contributed by atoms with E-state index in [1.807, 2.05) is 33.0 Å². The Morgan fingerprint density at radius 2 is 1.88 bits per heavy atom. The summed E-state index contributed by atoms with van der Waals surface area (Å²) >= 11 is 0. The lowest BCUT2D eigenvalue weighted by molar-refractivity contribution is 0.394. The summed E-state index contributed by atoms with van der Waals surface area (Å²) in [7, 11) is 3.63. The fourth-order valence-corrected chi connectivity index (χ4v) is 1.75. The molecule has 0 spiro atoms.